The van der Waals surface area contributed by atoms with Crippen LogP contribution in [0.4, 0.5) is 0 Å². The number of nitrogens with one attached hydrogen (secondary N) is 1. The first-order chi connectivity index (χ1) is 9.63. The Morgan fingerprint density at radius 3 is 2.55 bits per heavy atom. The van der Waals surface area contributed by atoms with Crippen molar-refractivity contribution >= 4 is 0 Å². The molecule has 0 amide bonds. The summed E-state index contributed by atoms with van der Waals surface area (Å²) < 4.78 is 0. The molecule has 3 atom stereocenters. The highest BCUT2D eigenvalue weighted by atomic mass is 15.2. The Balaban J connectivity index is 2.06. The van der Waals surface area contributed by atoms with Crippen LogP contribution in [0.15, 0.2) is 30.3 Å². The van der Waals surface area contributed by atoms with Crippen LogP contribution in [0.25, 0.3) is 0 Å². The molecule has 0 radical (unpaired) electrons. The minimum absolute atomic E-state index is 0.400. The summed E-state index contributed by atoms with van der Waals surface area (Å²) >= 11 is 0. The molecule has 2 rings (SSSR count). The highest BCUT2D eigenvalue weighted by Crippen LogP contribution is 2.24. The molecular formula is C17H29N3. The zero-order valence-electron chi connectivity index (χ0n) is 13.3. The third-order valence-electron chi connectivity index (χ3n) is 4.69. The van der Waals surface area contributed by atoms with E-state index in [4.69, 9.17) is 0 Å². The molecule has 1 aromatic carbocycles. The van der Waals surface area contributed by atoms with Gasteiger partial charge in [-0.2, -0.15) is 0 Å². The molecule has 112 valence electrons. The van der Waals surface area contributed by atoms with E-state index < -0.39 is 0 Å². The Morgan fingerprint density at radius 2 is 1.95 bits per heavy atom. The van der Waals surface area contributed by atoms with Gasteiger partial charge in [-0.1, -0.05) is 30.3 Å². The maximum atomic E-state index is 3.50. The van der Waals surface area contributed by atoms with Crippen molar-refractivity contribution < 1.29 is 0 Å². The lowest BCUT2D eigenvalue weighted by Gasteiger charge is -2.42. The highest BCUT2D eigenvalue weighted by molar-refractivity contribution is 5.20. The summed E-state index contributed by atoms with van der Waals surface area (Å²) in [4.78, 5) is 5.01. The van der Waals surface area contributed by atoms with E-state index in [9.17, 15) is 0 Å². The van der Waals surface area contributed by atoms with Gasteiger partial charge in [0.1, 0.15) is 0 Å². The van der Waals surface area contributed by atoms with Crippen molar-refractivity contribution in [3.05, 3.63) is 35.9 Å². The minimum Gasteiger partial charge on any atom is -0.312 e. The number of nitrogens with zero attached hydrogens (tertiary/aromatic N) is 2. The zero-order valence-corrected chi connectivity index (χ0v) is 13.3. The SMILES string of the molecule is CNC(c1ccccc1)C(C)N1CCCC(N(C)C)C1. The molecule has 20 heavy (non-hydrogen) atoms. The Kier molecular flexibility index (Phi) is 5.58. The fourth-order valence-corrected chi connectivity index (χ4v) is 3.33. The largest absolute Gasteiger partial charge is 0.312 e. The molecule has 1 fully saturated rings. The van der Waals surface area contributed by atoms with Gasteiger partial charge in [0.15, 0.2) is 0 Å². The third-order valence-corrected chi connectivity index (χ3v) is 4.69. The number of piperidine rings is 1. The molecule has 1 saturated heterocycles. The Bertz CT molecular complexity index is 390. The summed E-state index contributed by atoms with van der Waals surface area (Å²) in [7, 11) is 6.47. The van der Waals surface area contributed by atoms with Crippen molar-refractivity contribution in [1.82, 2.24) is 15.1 Å². The maximum absolute atomic E-state index is 3.50. The fourth-order valence-electron chi connectivity index (χ4n) is 3.33. The van der Waals surface area contributed by atoms with E-state index in [1.807, 2.05) is 0 Å². The molecule has 3 heteroatoms. The summed E-state index contributed by atoms with van der Waals surface area (Å²) in [5.41, 5.74) is 1.38. The highest BCUT2D eigenvalue weighted by Gasteiger charge is 2.29. The molecule has 0 saturated carbocycles. The molecule has 3 unspecified atom stereocenters. The summed E-state index contributed by atoms with van der Waals surface area (Å²) in [6.07, 6.45) is 2.63. The van der Waals surface area contributed by atoms with Crippen LogP contribution in [0.2, 0.25) is 0 Å². The Labute approximate surface area is 124 Å². The molecule has 0 bridgehead atoms. The quantitative estimate of drug-likeness (QED) is 0.890. The van der Waals surface area contributed by atoms with Crippen LogP contribution >= 0.6 is 0 Å². The maximum Gasteiger partial charge on any atom is 0.0473 e. The first-order valence-electron chi connectivity index (χ1n) is 7.76. The molecule has 3 nitrogen and oxygen atoms in total. The molecule has 1 aliphatic rings. The molecule has 1 heterocycles. The van der Waals surface area contributed by atoms with Crippen LogP contribution in [0.5, 0.6) is 0 Å². The topological polar surface area (TPSA) is 18.5 Å². The van der Waals surface area contributed by atoms with Gasteiger partial charge in [-0.3, -0.25) is 4.90 Å². The van der Waals surface area contributed by atoms with Crippen molar-refractivity contribution in [3.8, 4) is 0 Å². The van der Waals surface area contributed by atoms with E-state index in [1.54, 1.807) is 0 Å². The van der Waals surface area contributed by atoms with Crippen molar-refractivity contribution in [2.24, 2.45) is 0 Å². The standard InChI is InChI=1S/C17H29N3/c1-14(17(18-2)15-9-6-5-7-10-15)20-12-8-11-16(13-20)19(3)4/h5-7,9-10,14,16-18H,8,11-13H2,1-4H3. The molecule has 1 aromatic rings. The predicted molar refractivity (Wildman–Crippen MR) is 86.0 cm³/mol. The van der Waals surface area contributed by atoms with Crippen LogP contribution in [0.3, 0.4) is 0 Å². The molecular weight excluding hydrogens is 246 g/mol. The van der Waals surface area contributed by atoms with Crippen LogP contribution in [0, 0.1) is 0 Å². The second kappa shape index (κ2) is 7.21. The number of rotatable bonds is 5. The Hall–Kier alpha value is -0.900. The summed E-state index contributed by atoms with van der Waals surface area (Å²) in [5.74, 6) is 0. The fraction of sp³-hybridized carbons (Fsp3) is 0.647. The number of benzene rings is 1. The van der Waals surface area contributed by atoms with Crippen LogP contribution in [-0.4, -0.2) is 56.1 Å². The average molecular weight is 275 g/mol. The predicted octanol–water partition coefficient (Wildman–Crippen LogP) is 2.36. The molecule has 0 aliphatic carbocycles. The second-order valence-electron chi connectivity index (χ2n) is 6.17. The van der Waals surface area contributed by atoms with Gasteiger partial charge in [-0.25, -0.2) is 0 Å². The minimum atomic E-state index is 0.400. The second-order valence-corrected chi connectivity index (χ2v) is 6.17. The lowest BCUT2D eigenvalue weighted by atomic mass is 9.96. The summed E-state index contributed by atoms with van der Waals surface area (Å²) in [6, 6.07) is 12.4. The zero-order chi connectivity index (χ0) is 14.5. The Morgan fingerprint density at radius 1 is 1.25 bits per heavy atom. The molecule has 0 spiro atoms. The molecule has 1 aliphatic heterocycles. The number of likely N-dealkylation sites (tertiary alicyclic amines) is 1. The van der Waals surface area contributed by atoms with Gasteiger partial charge in [-0.15, -0.1) is 0 Å². The summed E-state index contributed by atoms with van der Waals surface area (Å²) in [5, 5.41) is 3.50. The van der Waals surface area contributed by atoms with E-state index >= 15 is 0 Å². The van der Waals surface area contributed by atoms with Gasteiger partial charge < -0.3 is 10.2 Å². The normalized spacial score (nSPS) is 23.8. The van der Waals surface area contributed by atoms with Crippen molar-refractivity contribution in [2.45, 2.75) is 37.9 Å². The third kappa shape index (κ3) is 3.60. The van der Waals surface area contributed by atoms with E-state index in [2.05, 4.69) is 73.5 Å². The number of hydrogen-bond acceptors (Lipinski definition) is 3. The van der Waals surface area contributed by atoms with Crippen LogP contribution < -0.4 is 5.32 Å². The van der Waals surface area contributed by atoms with Gasteiger partial charge in [0.2, 0.25) is 0 Å². The van der Waals surface area contributed by atoms with Crippen molar-refractivity contribution in [2.75, 3.05) is 34.2 Å². The lowest BCUT2D eigenvalue weighted by Crippen LogP contribution is -2.51. The van der Waals surface area contributed by atoms with Gasteiger partial charge in [0.25, 0.3) is 0 Å². The van der Waals surface area contributed by atoms with E-state index in [1.165, 1.54) is 31.5 Å². The average Bonchev–Trinajstić information content (AvgIpc) is 2.49. The van der Waals surface area contributed by atoms with Crippen molar-refractivity contribution in [3.63, 3.8) is 0 Å². The van der Waals surface area contributed by atoms with Gasteiger partial charge in [0.05, 0.1) is 0 Å². The smallest absolute Gasteiger partial charge is 0.0473 e. The van der Waals surface area contributed by atoms with Gasteiger partial charge in [0, 0.05) is 24.7 Å². The van der Waals surface area contributed by atoms with Crippen LogP contribution in [0.1, 0.15) is 31.4 Å². The van der Waals surface area contributed by atoms with Gasteiger partial charge in [-0.05, 0) is 53.0 Å². The first kappa shape index (κ1) is 15.5. The van der Waals surface area contributed by atoms with E-state index in [0.29, 0.717) is 18.1 Å². The van der Waals surface area contributed by atoms with Crippen molar-refractivity contribution in [1.29, 1.82) is 0 Å². The number of likely N-dealkylation sites (N-methyl/N-ethyl adjacent to an activating group) is 2. The monoisotopic (exact) mass is 275 g/mol. The molecule has 0 aromatic heterocycles. The number of hydrogen-bond donors (Lipinski definition) is 1. The van der Waals surface area contributed by atoms with Gasteiger partial charge >= 0.3 is 0 Å². The first-order valence-corrected chi connectivity index (χ1v) is 7.76. The summed E-state index contributed by atoms with van der Waals surface area (Å²) in [6.45, 7) is 4.75. The lowest BCUT2D eigenvalue weighted by molar-refractivity contribution is 0.0865. The van der Waals surface area contributed by atoms with E-state index in [-0.39, 0.29) is 0 Å². The van der Waals surface area contributed by atoms with E-state index in [0.717, 1.165) is 0 Å². The van der Waals surface area contributed by atoms with Crippen LogP contribution in [-0.2, 0) is 0 Å². The molecule has 1 N–H and O–H groups in total.